The molecule has 2 N–H and O–H groups in total. The van der Waals surface area contributed by atoms with Gasteiger partial charge in [0.25, 0.3) is 0 Å². The first-order valence-electron chi connectivity index (χ1n) is 7.78. The third-order valence-corrected chi connectivity index (χ3v) is 5.41. The molecule has 0 bridgehead atoms. The Morgan fingerprint density at radius 2 is 2.10 bits per heavy atom. The molecule has 0 aromatic heterocycles. The minimum Gasteiger partial charge on any atom is -0.341 e. The first-order chi connectivity index (χ1) is 10.1. The van der Waals surface area contributed by atoms with E-state index in [4.69, 9.17) is 5.73 Å². The van der Waals surface area contributed by atoms with Gasteiger partial charge in [-0.2, -0.15) is 0 Å². The zero-order valence-electron chi connectivity index (χ0n) is 13.0. The van der Waals surface area contributed by atoms with E-state index in [2.05, 4.69) is 12.1 Å². The van der Waals surface area contributed by atoms with Crippen molar-refractivity contribution in [2.75, 3.05) is 13.1 Å². The van der Waals surface area contributed by atoms with Gasteiger partial charge in [0.2, 0.25) is 5.91 Å². The summed E-state index contributed by atoms with van der Waals surface area (Å²) in [5, 5.41) is 0.0111. The second-order valence-corrected chi connectivity index (χ2v) is 7.31. The summed E-state index contributed by atoms with van der Waals surface area (Å²) in [6, 6.07) is 10.5. The summed E-state index contributed by atoms with van der Waals surface area (Å²) in [6.45, 7) is 5.78. The van der Waals surface area contributed by atoms with Gasteiger partial charge in [-0.05, 0) is 38.2 Å². The fourth-order valence-electron chi connectivity index (χ4n) is 2.76. The molecule has 3 nitrogen and oxygen atoms in total. The normalized spacial score (nSPS) is 21.9. The standard InChI is InChI=1S/C17H26N2OS/c1-13(18)16-9-6-10-19(11-16)17(20)14(2)21-12-15-7-4-3-5-8-15/h3-5,7-8,13-14,16H,6,9-12,18H2,1-2H3. The van der Waals surface area contributed by atoms with Crippen LogP contribution in [-0.4, -0.2) is 35.2 Å². The van der Waals surface area contributed by atoms with Crippen molar-refractivity contribution < 1.29 is 4.79 Å². The SMILES string of the molecule is CC(SCc1ccccc1)C(=O)N1CCCC(C(C)N)C1. The minimum absolute atomic E-state index is 0.0111. The molecule has 1 saturated heterocycles. The monoisotopic (exact) mass is 306 g/mol. The number of carbonyl (C=O) groups excluding carboxylic acids is 1. The number of hydrogen-bond acceptors (Lipinski definition) is 3. The Balaban J connectivity index is 1.84. The van der Waals surface area contributed by atoms with Crippen LogP contribution >= 0.6 is 11.8 Å². The Morgan fingerprint density at radius 1 is 1.38 bits per heavy atom. The van der Waals surface area contributed by atoms with E-state index < -0.39 is 0 Å². The molecule has 1 aliphatic heterocycles. The van der Waals surface area contributed by atoms with Crippen LogP contribution in [0.2, 0.25) is 0 Å². The van der Waals surface area contributed by atoms with Gasteiger partial charge in [-0.1, -0.05) is 30.3 Å². The van der Waals surface area contributed by atoms with Crippen molar-refractivity contribution in [3.8, 4) is 0 Å². The van der Waals surface area contributed by atoms with Crippen molar-refractivity contribution in [3.63, 3.8) is 0 Å². The first kappa shape index (κ1) is 16.4. The molecule has 116 valence electrons. The van der Waals surface area contributed by atoms with E-state index in [0.29, 0.717) is 5.92 Å². The van der Waals surface area contributed by atoms with Gasteiger partial charge in [-0.3, -0.25) is 4.79 Å². The van der Waals surface area contributed by atoms with E-state index in [1.165, 1.54) is 5.56 Å². The molecule has 0 spiro atoms. The number of nitrogens with two attached hydrogens (primary N) is 1. The van der Waals surface area contributed by atoms with Gasteiger partial charge in [-0.25, -0.2) is 0 Å². The van der Waals surface area contributed by atoms with Crippen LogP contribution in [0.5, 0.6) is 0 Å². The van der Waals surface area contributed by atoms with Crippen LogP contribution < -0.4 is 5.73 Å². The number of benzene rings is 1. The molecule has 0 aliphatic carbocycles. The smallest absolute Gasteiger partial charge is 0.235 e. The van der Waals surface area contributed by atoms with E-state index in [9.17, 15) is 4.79 Å². The molecule has 0 saturated carbocycles. The van der Waals surface area contributed by atoms with Crippen molar-refractivity contribution in [2.24, 2.45) is 11.7 Å². The van der Waals surface area contributed by atoms with Crippen molar-refractivity contribution >= 4 is 17.7 Å². The molecule has 1 aromatic carbocycles. The average Bonchev–Trinajstić information content (AvgIpc) is 2.53. The lowest BCUT2D eigenvalue weighted by atomic mass is 9.92. The van der Waals surface area contributed by atoms with E-state index in [-0.39, 0.29) is 17.2 Å². The van der Waals surface area contributed by atoms with E-state index >= 15 is 0 Å². The maximum atomic E-state index is 12.6. The van der Waals surface area contributed by atoms with Crippen molar-refractivity contribution in [1.29, 1.82) is 0 Å². The highest BCUT2D eigenvalue weighted by Gasteiger charge is 2.28. The number of nitrogens with zero attached hydrogens (tertiary/aromatic N) is 1. The largest absolute Gasteiger partial charge is 0.341 e. The molecule has 1 fully saturated rings. The van der Waals surface area contributed by atoms with Crippen LogP contribution in [0.15, 0.2) is 30.3 Å². The summed E-state index contributed by atoms with van der Waals surface area (Å²) in [5.41, 5.74) is 7.27. The predicted molar refractivity (Wildman–Crippen MR) is 90.2 cm³/mol. The molecule has 1 aromatic rings. The number of amides is 1. The quantitative estimate of drug-likeness (QED) is 0.910. The lowest BCUT2D eigenvalue weighted by Crippen LogP contribution is -2.47. The summed E-state index contributed by atoms with van der Waals surface area (Å²) in [4.78, 5) is 14.6. The first-order valence-corrected chi connectivity index (χ1v) is 8.82. The van der Waals surface area contributed by atoms with Crippen molar-refractivity contribution in [2.45, 2.75) is 43.7 Å². The van der Waals surface area contributed by atoms with Crippen LogP contribution in [0.25, 0.3) is 0 Å². The summed E-state index contributed by atoms with van der Waals surface area (Å²) in [6.07, 6.45) is 2.22. The predicted octanol–water partition coefficient (Wildman–Crippen LogP) is 2.89. The van der Waals surface area contributed by atoms with Crippen LogP contribution in [-0.2, 0) is 10.5 Å². The van der Waals surface area contributed by atoms with E-state index in [0.717, 1.165) is 31.7 Å². The molecular weight excluding hydrogens is 280 g/mol. The van der Waals surface area contributed by atoms with E-state index in [1.807, 2.05) is 36.9 Å². The van der Waals surface area contributed by atoms with Crippen molar-refractivity contribution in [1.82, 2.24) is 4.90 Å². The number of carbonyl (C=O) groups is 1. The number of hydrogen-bond donors (Lipinski definition) is 1. The van der Waals surface area contributed by atoms with Gasteiger partial charge in [0.1, 0.15) is 0 Å². The zero-order valence-corrected chi connectivity index (χ0v) is 13.8. The lowest BCUT2D eigenvalue weighted by molar-refractivity contribution is -0.132. The van der Waals surface area contributed by atoms with Crippen LogP contribution in [0.4, 0.5) is 0 Å². The summed E-state index contributed by atoms with van der Waals surface area (Å²) >= 11 is 1.72. The molecule has 1 heterocycles. The summed E-state index contributed by atoms with van der Waals surface area (Å²) in [7, 11) is 0. The number of thioether (sulfide) groups is 1. The Bertz CT molecular complexity index is 449. The fourth-order valence-corrected chi connectivity index (χ4v) is 3.69. The van der Waals surface area contributed by atoms with E-state index in [1.54, 1.807) is 11.8 Å². The molecule has 1 amide bonds. The number of likely N-dealkylation sites (tertiary alicyclic amines) is 1. The molecule has 3 unspecified atom stereocenters. The third-order valence-electron chi connectivity index (χ3n) is 4.20. The third kappa shape index (κ3) is 4.75. The molecule has 0 radical (unpaired) electrons. The van der Waals surface area contributed by atoms with Gasteiger partial charge in [-0.15, -0.1) is 11.8 Å². The maximum Gasteiger partial charge on any atom is 0.235 e. The van der Waals surface area contributed by atoms with Crippen LogP contribution in [0.3, 0.4) is 0 Å². The molecule has 2 rings (SSSR count). The zero-order chi connectivity index (χ0) is 15.2. The summed E-state index contributed by atoms with van der Waals surface area (Å²) < 4.78 is 0. The average molecular weight is 306 g/mol. The Kier molecular flexibility index (Phi) is 6.12. The lowest BCUT2D eigenvalue weighted by Gasteiger charge is -2.35. The Labute approximate surface area is 132 Å². The van der Waals surface area contributed by atoms with Gasteiger partial charge in [0.05, 0.1) is 5.25 Å². The van der Waals surface area contributed by atoms with Gasteiger partial charge < -0.3 is 10.6 Å². The second kappa shape index (κ2) is 7.85. The molecule has 1 aliphatic rings. The number of rotatable bonds is 5. The molecule has 21 heavy (non-hydrogen) atoms. The van der Waals surface area contributed by atoms with Crippen LogP contribution in [0.1, 0.15) is 32.3 Å². The highest BCUT2D eigenvalue weighted by Crippen LogP contribution is 2.23. The minimum atomic E-state index is 0.0111. The fraction of sp³-hybridized carbons (Fsp3) is 0.588. The Hall–Kier alpha value is -1.00. The maximum absolute atomic E-state index is 12.6. The topological polar surface area (TPSA) is 46.3 Å². The van der Waals surface area contributed by atoms with Gasteiger partial charge in [0.15, 0.2) is 0 Å². The highest BCUT2D eigenvalue weighted by molar-refractivity contribution is 7.99. The highest BCUT2D eigenvalue weighted by atomic mass is 32.2. The summed E-state index contributed by atoms with van der Waals surface area (Å²) in [5.74, 6) is 1.61. The van der Waals surface area contributed by atoms with Gasteiger partial charge in [0, 0.05) is 24.9 Å². The van der Waals surface area contributed by atoms with Gasteiger partial charge >= 0.3 is 0 Å². The molecule has 3 atom stereocenters. The van der Waals surface area contributed by atoms with Crippen molar-refractivity contribution in [3.05, 3.63) is 35.9 Å². The second-order valence-electron chi connectivity index (χ2n) is 5.98. The van der Waals surface area contributed by atoms with Crippen LogP contribution in [0, 0.1) is 5.92 Å². The Morgan fingerprint density at radius 3 is 2.76 bits per heavy atom. The molecular formula is C17H26N2OS. The molecule has 4 heteroatoms. The number of piperidine rings is 1.